The Hall–Kier alpha value is -1.68. The summed E-state index contributed by atoms with van der Waals surface area (Å²) in [5.41, 5.74) is 7.93. The van der Waals surface area contributed by atoms with Gasteiger partial charge in [0, 0.05) is 24.7 Å². The Kier molecular flexibility index (Phi) is 3.24. The number of aryl methyl sites for hydroxylation is 1. The van der Waals surface area contributed by atoms with Gasteiger partial charge in [0.25, 0.3) is 0 Å². The number of ether oxygens (including phenoxy) is 2. The number of aromatic nitrogens is 1. The van der Waals surface area contributed by atoms with Gasteiger partial charge in [0.2, 0.25) is 0 Å². The zero-order chi connectivity index (χ0) is 12.4. The van der Waals surface area contributed by atoms with Gasteiger partial charge < -0.3 is 19.8 Å². The highest BCUT2D eigenvalue weighted by Crippen LogP contribution is 2.34. The molecule has 1 heterocycles. The molecule has 2 N–H and O–H groups in total. The van der Waals surface area contributed by atoms with Crippen LogP contribution < -0.4 is 15.2 Å². The fraction of sp³-hybridized carbons (Fsp3) is 0.385. The molecule has 92 valence electrons. The topological polar surface area (TPSA) is 49.4 Å². The summed E-state index contributed by atoms with van der Waals surface area (Å²) < 4.78 is 12.8. The van der Waals surface area contributed by atoms with Gasteiger partial charge in [-0.15, -0.1) is 0 Å². The van der Waals surface area contributed by atoms with Crippen LogP contribution in [0.3, 0.4) is 0 Å². The Morgan fingerprint density at radius 1 is 1.24 bits per heavy atom. The third kappa shape index (κ3) is 1.96. The Balaban J connectivity index is 2.71. The Labute approximate surface area is 101 Å². The highest BCUT2D eigenvalue weighted by Gasteiger charge is 2.12. The number of nitrogens with two attached hydrogens (primary N) is 1. The molecule has 1 aromatic heterocycles. The lowest BCUT2D eigenvalue weighted by Gasteiger charge is -2.08. The average Bonchev–Trinajstić information content (AvgIpc) is 2.66. The van der Waals surface area contributed by atoms with Crippen LogP contribution >= 0.6 is 0 Å². The summed E-state index contributed by atoms with van der Waals surface area (Å²) in [4.78, 5) is 0. The van der Waals surface area contributed by atoms with E-state index in [1.165, 1.54) is 5.56 Å². The fourth-order valence-electron chi connectivity index (χ4n) is 2.19. The second kappa shape index (κ2) is 4.67. The Morgan fingerprint density at radius 3 is 2.59 bits per heavy atom. The quantitative estimate of drug-likeness (QED) is 0.876. The van der Waals surface area contributed by atoms with Crippen molar-refractivity contribution in [3.05, 3.63) is 23.9 Å². The van der Waals surface area contributed by atoms with Gasteiger partial charge in [0.05, 0.1) is 19.7 Å². The van der Waals surface area contributed by atoms with Crippen LogP contribution in [0.25, 0.3) is 10.9 Å². The van der Waals surface area contributed by atoms with Crippen molar-refractivity contribution in [2.75, 3.05) is 20.8 Å². The van der Waals surface area contributed by atoms with Gasteiger partial charge in [0.15, 0.2) is 0 Å². The van der Waals surface area contributed by atoms with Crippen molar-refractivity contribution in [3.63, 3.8) is 0 Å². The Morgan fingerprint density at radius 2 is 2.00 bits per heavy atom. The van der Waals surface area contributed by atoms with E-state index in [0.29, 0.717) is 6.54 Å². The van der Waals surface area contributed by atoms with E-state index in [1.807, 2.05) is 19.2 Å². The largest absolute Gasteiger partial charge is 0.497 e. The average molecular weight is 234 g/mol. The first-order valence-corrected chi connectivity index (χ1v) is 5.61. The van der Waals surface area contributed by atoms with Gasteiger partial charge in [-0.2, -0.15) is 0 Å². The van der Waals surface area contributed by atoms with Crippen LogP contribution in [-0.2, 0) is 13.5 Å². The highest BCUT2D eigenvalue weighted by atomic mass is 16.5. The molecule has 4 heteroatoms. The van der Waals surface area contributed by atoms with Crippen LogP contribution in [0.4, 0.5) is 0 Å². The minimum absolute atomic E-state index is 0.638. The van der Waals surface area contributed by atoms with Crippen molar-refractivity contribution in [1.82, 2.24) is 4.57 Å². The lowest BCUT2D eigenvalue weighted by atomic mass is 10.1. The van der Waals surface area contributed by atoms with E-state index < -0.39 is 0 Å². The first-order chi connectivity index (χ1) is 8.21. The third-order valence-electron chi connectivity index (χ3n) is 2.97. The van der Waals surface area contributed by atoms with Gasteiger partial charge in [0.1, 0.15) is 11.5 Å². The van der Waals surface area contributed by atoms with E-state index in [0.717, 1.165) is 28.8 Å². The molecule has 0 spiro atoms. The van der Waals surface area contributed by atoms with Gasteiger partial charge in [-0.3, -0.25) is 0 Å². The van der Waals surface area contributed by atoms with Gasteiger partial charge >= 0.3 is 0 Å². The maximum atomic E-state index is 5.63. The second-order valence-corrected chi connectivity index (χ2v) is 4.03. The molecule has 0 aliphatic carbocycles. The summed E-state index contributed by atoms with van der Waals surface area (Å²) in [6.45, 7) is 0.638. The number of rotatable bonds is 4. The number of hydrogen-bond acceptors (Lipinski definition) is 3. The summed E-state index contributed by atoms with van der Waals surface area (Å²) >= 11 is 0. The molecule has 0 bridgehead atoms. The number of hydrogen-bond donors (Lipinski definition) is 1. The minimum Gasteiger partial charge on any atom is -0.497 e. The second-order valence-electron chi connectivity index (χ2n) is 4.03. The number of methoxy groups -OCH3 is 2. The zero-order valence-corrected chi connectivity index (χ0v) is 10.5. The molecule has 0 aliphatic heterocycles. The number of benzene rings is 1. The first-order valence-electron chi connectivity index (χ1n) is 5.61. The van der Waals surface area contributed by atoms with E-state index in [9.17, 15) is 0 Å². The van der Waals surface area contributed by atoms with Crippen LogP contribution in [0, 0.1) is 0 Å². The fourth-order valence-corrected chi connectivity index (χ4v) is 2.19. The summed E-state index contributed by atoms with van der Waals surface area (Å²) in [6, 6.07) is 3.93. The van der Waals surface area contributed by atoms with Crippen molar-refractivity contribution < 1.29 is 9.47 Å². The van der Waals surface area contributed by atoms with Crippen molar-refractivity contribution in [1.29, 1.82) is 0 Å². The van der Waals surface area contributed by atoms with Crippen molar-refractivity contribution in [2.24, 2.45) is 12.8 Å². The maximum absolute atomic E-state index is 5.63. The molecule has 2 aromatic rings. The molecule has 1 aromatic carbocycles. The van der Waals surface area contributed by atoms with E-state index in [4.69, 9.17) is 15.2 Å². The molecule has 0 saturated heterocycles. The molecule has 0 amide bonds. The molecule has 0 fully saturated rings. The number of fused-ring (bicyclic) bond motifs is 1. The molecule has 2 rings (SSSR count). The van der Waals surface area contributed by atoms with Crippen LogP contribution in [-0.4, -0.2) is 25.3 Å². The van der Waals surface area contributed by atoms with Gasteiger partial charge in [-0.05, 0) is 24.6 Å². The van der Waals surface area contributed by atoms with Crippen LogP contribution in [0.5, 0.6) is 11.5 Å². The standard InChI is InChI=1S/C13H18N2O2/c1-15-8-9(4-5-14)11-6-10(16-2)7-12(17-3)13(11)15/h6-8H,4-5,14H2,1-3H3. The van der Waals surface area contributed by atoms with Crippen molar-refractivity contribution >= 4 is 10.9 Å². The molecule has 17 heavy (non-hydrogen) atoms. The third-order valence-corrected chi connectivity index (χ3v) is 2.97. The first kappa shape index (κ1) is 11.8. The lowest BCUT2D eigenvalue weighted by Crippen LogP contribution is -2.02. The van der Waals surface area contributed by atoms with Gasteiger partial charge in [-0.25, -0.2) is 0 Å². The molecule has 0 saturated carbocycles. The van der Waals surface area contributed by atoms with Crippen LogP contribution in [0.2, 0.25) is 0 Å². The maximum Gasteiger partial charge on any atom is 0.146 e. The predicted molar refractivity (Wildman–Crippen MR) is 68.8 cm³/mol. The molecule has 0 radical (unpaired) electrons. The minimum atomic E-state index is 0.638. The van der Waals surface area contributed by atoms with Crippen molar-refractivity contribution in [3.8, 4) is 11.5 Å². The van der Waals surface area contributed by atoms with Crippen molar-refractivity contribution in [2.45, 2.75) is 6.42 Å². The van der Waals surface area contributed by atoms with Gasteiger partial charge in [-0.1, -0.05) is 0 Å². The molecular weight excluding hydrogens is 216 g/mol. The van der Waals surface area contributed by atoms with E-state index in [-0.39, 0.29) is 0 Å². The van der Waals surface area contributed by atoms with Crippen LogP contribution in [0.15, 0.2) is 18.3 Å². The Bertz CT molecular complexity index is 532. The van der Waals surface area contributed by atoms with E-state index in [2.05, 4.69) is 10.8 Å². The highest BCUT2D eigenvalue weighted by molar-refractivity contribution is 5.90. The lowest BCUT2D eigenvalue weighted by molar-refractivity contribution is 0.397. The summed E-state index contributed by atoms with van der Waals surface area (Å²) in [5, 5.41) is 1.15. The summed E-state index contributed by atoms with van der Waals surface area (Å²) in [6.07, 6.45) is 2.95. The molecule has 0 aliphatic rings. The van der Waals surface area contributed by atoms with E-state index >= 15 is 0 Å². The van der Waals surface area contributed by atoms with E-state index in [1.54, 1.807) is 14.2 Å². The smallest absolute Gasteiger partial charge is 0.146 e. The number of nitrogens with zero attached hydrogens (tertiary/aromatic N) is 1. The predicted octanol–water partition coefficient (Wildman–Crippen LogP) is 1.70. The molecular formula is C13H18N2O2. The SMILES string of the molecule is COc1cc(OC)c2c(c1)c(CCN)cn2C. The molecule has 4 nitrogen and oxygen atoms in total. The molecule has 0 unspecified atom stereocenters. The van der Waals surface area contributed by atoms with Crippen LogP contribution in [0.1, 0.15) is 5.56 Å². The normalized spacial score (nSPS) is 10.8. The monoisotopic (exact) mass is 234 g/mol. The summed E-state index contributed by atoms with van der Waals surface area (Å²) in [5.74, 6) is 1.63. The summed E-state index contributed by atoms with van der Waals surface area (Å²) in [7, 11) is 5.34. The zero-order valence-electron chi connectivity index (χ0n) is 10.5. The molecule has 0 atom stereocenters.